The molecule has 2 amide bonds. The molecule has 0 spiro atoms. The molecule has 1 heterocycles. The lowest BCUT2D eigenvalue weighted by molar-refractivity contribution is -0.135. The molecule has 0 radical (unpaired) electrons. The van der Waals surface area contributed by atoms with Gasteiger partial charge >= 0.3 is 0 Å². The molecule has 0 aliphatic carbocycles. The van der Waals surface area contributed by atoms with E-state index in [9.17, 15) is 9.59 Å². The number of amides is 2. The molecule has 6 N–H and O–H groups in total. The van der Waals surface area contributed by atoms with Gasteiger partial charge in [-0.2, -0.15) is 0 Å². The van der Waals surface area contributed by atoms with Crippen LogP contribution in [0, 0.1) is 0 Å². The molecule has 1 aliphatic heterocycles. The summed E-state index contributed by atoms with van der Waals surface area (Å²) in [4.78, 5) is 44.0. The third kappa shape index (κ3) is 14.8. The summed E-state index contributed by atoms with van der Waals surface area (Å²) in [6.45, 7) is 3.68. The highest BCUT2D eigenvalue weighted by molar-refractivity contribution is 5.78. The largest absolute Gasteiger partial charge is 0.492 e. The minimum absolute atomic E-state index is 0.0101. The lowest BCUT2D eigenvalue weighted by Crippen LogP contribution is -2.42. The number of likely N-dealkylation sites (N-methyl/N-ethyl adjacent to an activating group) is 1. The first-order valence-corrected chi connectivity index (χ1v) is 11.0. The molecule has 11 heteroatoms. The number of carbonyl (C=O) groups is 4. The predicted molar refractivity (Wildman–Crippen MR) is 128 cm³/mol. The zero-order chi connectivity index (χ0) is 26.1. The summed E-state index contributed by atoms with van der Waals surface area (Å²) in [5.41, 5.74) is 6.35. The zero-order valence-corrected chi connectivity index (χ0v) is 20.4. The van der Waals surface area contributed by atoms with E-state index in [0.29, 0.717) is 32.5 Å². The van der Waals surface area contributed by atoms with Crippen molar-refractivity contribution in [3.63, 3.8) is 0 Å². The van der Waals surface area contributed by atoms with E-state index in [4.69, 9.17) is 30.3 Å². The first kappa shape index (κ1) is 30.8. The van der Waals surface area contributed by atoms with Gasteiger partial charge in [0.25, 0.3) is 11.9 Å². The van der Waals surface area contributed by atoms with Gasteiger partial charge in [0.1, 0.15) is 12.4 Å². The van der Waals surface area contributed by atoms with Gasteiger partial charge in [0, 0.05) is 52.5 Å². The van der Waals surface area contributed by atoms with Crippen LogP contribution in [-0.4, -0.2) is 84.7 Å². The molecule has 0 unspecified atom stereocenters. The first-order chi connectivity index (χ1) is 16.0. The number of rotatable bonds is 9. The summed E-state index contributed by atoms with van der Waals surface area (Å²) >= 11 is 0. The number of ether oxygens (including phenoxy) is 1. The Morgan fingerprint density at radius 3 is 2.24 bits per heavy atom. The number of benzene rings is 1. The molecular formula is C23H38N4O7. The summed E-state index contributed by atoms with van der Waals surface area (Å²) in [6, 6.07) is 8.03. The topological polar surface area (TPSA) is 171 Å². The minimum Gasteiger partial charge on any atom is -0.492 e. The van der Waals surface area contributed by atoms with E-state index in [-0.39, 0.29) is 23.9 Å². The number of likely N-dealkylation sites (tertiary alicyclic amines) is 1. The number of nitrogens with zero attached hydrogens (tertiary/aromatic N) is 1. The highest BCUT2D eigenvalue weighted by atomic mass is 16.5. The molecule has 192 valence electrons. The Morgan fingerprint density at radius 1 is 1.09 bits per heavy atom. The maximum absolute atomic E-state index is 12.3. The minimum atomic E-state index is -0.833. The smallest absolute Gasteiger partial charge is 0.300 e. The molecule has 0 bridgehead atoms. The number of nitrogens with two attached hydrogens (primary N) is 1. The van der Waals surface area contributed by atoms with Crippen molar-refractivity contribution in [3.8, 4) is 5.75 Å². The fourth-order valence-electron chi connectivity index (χ4n) is 3.30. The zero-order valence-electron chi connectivity index (χ0n) is 20.4. The third-order valence-corrected chi connectivity index (χ3v) is 4.87. The quantitative estimate of drug-likeness (QED) is 0.335. The number of carbonyl (C=O) groups excluding carboxylic acids is 2. The van der Waals surface area contributed by atoms with Crippen LogP contribution in [-0.2, 0) is 25.6 Å². The Hall–Kier alpha value is -3.18. The number of nitrogens with one attached hydrogen (secondary N) is 2. The average molecular weight is 483 g/mol. The summed E-state index contributed by atoms with van der Waals surface area (Å²) in [5, 5.41) is 20.5. The van der Waals surface area contributed by atoms with Crippen molar-refractivity contribution >= 4 is 23.8 Å². The molecule has 34 heavy (non-hydrogen) atoms. The van der Waals surface area contributed by atoms with E-state index in [0.717, 1.165) is 38.0 Å². The van der Waals surface area contributed by atoms with Gasteiger partial charge in [0.15, 0.2) is 0 Å². The molecule has 1 aliphatic rings. The second-order valence-corrected chi connectivity index (χ2v) is 7.73. The third-order valence-electron chi connectivity index (χ3n) is 4.87. The molecule has 1 aromatic rings. The van der Waals surface area contributed by atoms with Gasteiger partial charge in [0.05, 0.1) is 6.42 Å². The highest BCUT2D eigenvalue weighted by Crippen LogP contribution is 2.24. The Labute approximate surface area is 200 Å². The Morgan fingerprint density at radius 2 is 1.68 bits per heavy atom. The van der Waals surface area contributed by atoms with Gasteiger partial charge in [-0.05, 0) is 37.6 Å². The molecule has 1 aromatic carbocycles. The molecule has 0 saturated carbocycles. The van der Waals surface area contributed by atoms with Crippen LogP contribution >= 0.6 is 0 Å². The fraction of sp³-hybridized carbons (Fsp3) is 0.565. The average Bonchev–Trinajstić information content (AvgIpc) is 3.09. The second-order valence-electron chi connectivity index (χ2n) is 7.73. The molecule has 2 atom stereocenters. The Bertz CT molecular complexity index is 768. The summed E-state index contributed by atoms with van der Waals surface area (Å²) in [5.74, 6) is -0.888. The van der Waals surface area contributed by atoms with Gasteiger partial charge in [-0.25, -0.2) is 0 Å². The summed E-state index contributed by atoms with van der Waals surface area (Å²) < 4.78 is 5.49. The molecular weight excluding hydrogens is 444 g/mol. The van der Waals surface area contributed by atoms with Crippen LogP contribution in [0.5, 0.6) is 5.75 Å². The van der Waals surface area contributed by atoms with Crippen LogP contribution in [0.15, 0.2) is 24.3 Å². The molecule has 1 saturated heterocycles. The maximum Gasteiger partial charge on any atom is 0.300 e. The molecule has 0 aromatic heterocycles. The highest BCUT2D eigenvalue weighted by Gasteiger charge is 2.31. The number of carboxylic acids is 2. The van der Waals surface area contributed by atoms with Crippen LogP contribution < -0.4 is 21.1 Å². The van der Waals surface area contributed by atoms with Gasteiger partial charge in [-0.1, -0.05) is 12.1 Å². The normalized spacial score (nSPS) is 16.7. The molecule has 11 nitrogen and oxygen atoms in total. The van der Waals surface area contributed by atoms with Crippen LogP contribution in [0.3, 0.4) is 0 Å². The van der Waals surface area contributed by atoms with E-state index in [1.807, 2.05) is 31.3 Å². The van der Waals surface area contributed by atoms with E-state index >= 15 is 0 Å². The lowest BCUT2D eigenvalue weighted by Gasteiger charge is -2.25. The van der Waals surface area contributed by atoms with E-state index < -0.39 is 11.9 Å². The van der Waals surface area contributed by atoms with E-state index in [1.54, 1.807) is 7.05 Å². The summed E-state index contributed by atoms with van der Waals surface area (Å²) in [7, 11) is 3.68. The number of aliphatic carboxylic acids is 2. The predicted octanol–water partition coefficient (Wildman–Crippen LogP) is 0.464. The summed E-state index contributed by atoms with van der Waals surface area (Å²) in [6.07, 6.45) is 2.79. The van der Waals surface area contributed by atoms with Gasteiger partial charge < -0.3 is 31.3 Å². The Kier molecular flexibility index (Phi) is 15.7. The number of carboxylic acid groups (broad SMARTS) is 2. The van der Waals surface area contributed by atoms with Crippen LogP contribution in [0.2, 0.25) is 0 Å². The monoisotopic (exact) mass is 482 g/mol. The van der Waals surface area contributed by atoms with Crippen LogP contribution in [0.25, 0.3) is 0 Å². The fourth-order valence-corrected chi connectivity index (χ4v) is 3.30. The SMILES string of the molecule is CC(=O)O.CC(=O)O.CNC(=O)C[C@H]1CC[C@@H](CNC(=O)Cc2cccc(OCCN)c2)N1C. The van der Waals surface area contributed by atoms with Crippen molar-refractivity contribution in [1.82, 2.24) is 15.5 Å². The standard InChI is InChI=1S/C19H30N4O3.2C2H4O2/c1-21-18(24)12-15-6-7-16(23(15)2)13-22-19(25)11-14-4-3-5-17(10-14)26-9-8-20;2*1-2(3)4/h3-5,10,15-16H,6-9,11-13,20H2,1-2H3,(H,21,24)(H,22,25);2*1H3,(H,3,4)/t15-,16+;;/m1../s1. The first-order valence-electron chi connectivity index (χ1n) is 11.0. The van der Waals surface area contributed by atoms with Crippen molar-refractivity contribution in [3.05, 3.63) is 29.8 Å². The number of hydrogen-bond donors (Lipinski definition) is 5. The van der Waals surface area contributed by atoms with Crippen LogP contribution in [0.4, 0.5) is 0 Å². The van der Waals surface area contributed by atoms with Crippen molar-refractivity contribution in [2.45, 2.75) is 51.6 Å². The van der Waals surface area contributed by atoms with Crippen molar-refractivity contribution in [1.29, 1.82) is 0 Å². The van der Waals surface area contributed by atoms with E-state index in [2.05, 4.69) is 15.5 Å². The van der Waals surface area contributed by atoms with Gasteiger partial charge in [0.2, 0.25) is 11.8 Å². The second kappa shape index (κ2) is 17.3. The molecule has 2 rings (SSSR count). The van der Waals surface area contributed by atoms with Crippen molar-refractivity contribution in [2.75, 3.05) is 33.8 Å². The van der Waals surface area contributed by atoms with E-state index in [1.165, 1.54) is 0 Å². The van der Waals surface area contributed by atoms with Crippen LogP contribution in [0.1, 0.15) is 38.7 Å². The van der Waals surface area contributed by atoms with Gasteiger partial charge in [-0.3, -0.25) is 24.1 Å². The lowest BCUT2D eigenvalue weighted by atomic mass is 10.1. The van der Waals surface area contributed by atoms with Crippen molar-refractivity contribution < 1.29 is 34.1 Å². The van der Waals surface area contributed by atoms with Gasteiger partial charge in [-0.15, -0.1) is 0 Å². The Balaban J connectivity index is 0.00000118. The molecule has 1 fully saturated rings. The van der Waals surface area contributed by atoms with Crippen molar-refractivity contribution in [2.24, 2.45) is 5.73 Å². The maximum atomic E-state index is 12.3. The number of hydrogen-bond acceptors (Lipinski definition) is 7.